The number of hydrogen-bond acceptors (Lipinski definition) is 5. The van der Waals surface area contributed by atoms with Crippen LogP contribution in [0.5, 0.6) is 11.8 Å². The number of fused-ring (bicyclic) bond motifs is 3. The van der Waals surface area contributed by atoms with Crippen LogP contribution in [0.15, 0.2) is 66.7 Å². The van der Waals surface area contributed by atoms with Crippen LogP contribution >= 0.6 is 0 Å². The number of aromatic nitrogens is 1. The lowest BCUT2D eigenvalue weighted by molar-refractivity contribution is -0.106. The van der Waals surface area contributed by atoms with Crippen LogP contribution in [0.3, 0.4) is 0 Å². The first-order chi connectivity index (χ1) is 14.1. The second kappa shape index (κ2) is 6.33. The van der Waals surface area contributed by atoms with Gasteiger partial charge in [-0.2, -0.15) is 10.2 Å². The number of nitriles is 1. The van der Waals surface area contributed by atoms with Gasteiger partial charge in [-0.1, -0.05) is 42.5 Å². The molecule has 1 N–H and O–H groups in total. The van der Waals surface area contributed by atoms with Crippen molar-refractivity contribution in [1.82, 2.24) is 4.98 Å². The monoisotopic (exact) mass is 384 g/mol. The Morgan fingerprint density at radius 3 is 2.55 bits per heavy atom. The number of aliphatic hydroxyl groups is 1. The van der Waals surface area contributed by atoms with E-state index in [-0.39, 0.29) is 5.92 Å². The average Bonchev–Trinajstić information content (AvgIpc) is 3.21. The summed E-state index contributed by atoms with van der Waals surface area (Å²) in [5.74, 6) is 0.775. The molecule has 5 heteroatoms. The van der Waals surface area contributed by atoms with E-state index in [1.807, 2.05) is 36.4 Å². The lowest BCUT2D eigenvalue weighted by Gasteiger charge is -2.40. The summed E-state index contributed by atoms with van der Waals surface area (Å²) in [7, 11) is 1.56. The van der Waals surface area contributed by atoms with E-state index >= 15 is 0 Å². The zero-order chi connectivity index (χ0) is 20.1. The second-order valence-corrected chi connectivity index (χ2v) is 7.60. The van der Waals surface area contributed by atoms with Crippen LogP contribution in [-0.2, 0) is 11.2 Å². The summed E-state index contributed by atoms with van der Waals surface area (Å²) in [6, 6.07) is 23.2. The summed E-state index contributed by atoms with van der Waals surface area (Å²) in [5, 5.41) is 21.2. The molecule has 2 heterocycles. The van der Waals surface area contributed by atoms with Crippen molar-refractivity contribution in [2.24, 2.45) is 0 Å². The Morgan fingerprint density at radius 2 is 1.86 bits per heavy atom. The highest BCUT2D eigenvalue weighted by Crippen LogP contribution is 2.66. The Bertz CT molecular complexity index is 1110. The molecular weight excluding hydrogens is 364 g/mol. The van der Waals surface area contributed by atoms with Crippen LogP contribution in [0.1, 0.15) is 41.0 Å². The maximum Gasteiger partial charge on any atom is 0.224 e. The van der Waals surface area contributed by atoms with E-state index in [9.17, 15) is 10.4 Å². The Hall–Kier alpha value is -3.36. The highest BCUT2D eigenvalue weighted by Gasteiger charge is 2.68. The second-order valence-electron chi connectivity index (χ2n) is 7.60. The number of rotatable bonds is 3. The minimum Gasteiger partial charge on any atom is -0.481 e. The number of benzene rings is 2. The normalized spacial score (nSPS) is 26.9. The van der Waals surface area contributed by atoms with E-state index in [1.165, 1.54) is 0 Å². The molecule has 0 bridgehead atoms. The quantitative estimate of drug-likeness (QED) is 0.738. The van der Waals surface area contributed by atoms with Crippen LogP contribution in [0.2, 0.25) is 0 Å². The molecule has 29 heavy (non-hydrogen) atoms. The molecule has 1 fully saturated rings. The van der Waals surface area contributed by atoms with Gasteiger partial charge >= 0.3 is 0 Å². The van der Waals surface area contributed by atoms with E-state index in [0.717, 1.165) is 17.5 Å². The Morgan fingerprint density at radius 1 is 1.10 bits per heavy atom. The van der Waals surface area contributed by atoms with Gasteiger partial charge in [0.05, 0.1) is 24.3 Å². The maximum absolute atomic E-state index is 12.0. The molecule has 2 unspecified atom stereocenters. The van der Waals surface area contributed by atoms with Crippen LogP contribution in [0.25, 0.3) is 0 Å². The first-order valence-corrected chi connectivity index (χ1v) is 9.65. The van der Waals surface area contributed by atoms with E-state index in [1.54, 1.807) is 25.3 Å². The zero-order valence-electron chi connectivity index (χ0n) is 16.0. The number of hydrogen-bond donors (Lipinski definition) is 1. The molecule has 5 nitrogen and oxygen atoms in total. The first-order valence-electron chi connectivity index (χ1n) is 9.65. The van der Waals surface area contributed by atoms with Crippen molar-refractivity contribution in [3.63, 3.8) is 0 Å². The van der Waals surface area contributed by atoms with Crippen LogP contribution < -0.4 is 9.47 Å². The van der Waals surface area contributed by atoms with Crippen LogP contribution in [0, 0.1) is 11.3 Å². The molecular formula is C24H20N2O3. The Labute approximate surface area is 169 Å². The molecule has 1 aliphatic carbocycles. The van der Waals surface area contributed by atoms with Crippen LogP contribution in [0.4, 0.5) is 0 Å². The summed E-state index contributed by atoms with van der Waals surface area (Å²) in [4.78, 5) is 4.48. The molecule has 144 valence electrons. The highest BCUT2D eigenvalue weighted by molar-refractivity contribution is 5.52. The molecule has 1 aliphatic heterocycles. The van der Waals surface area contributed by atoms with Gasteiger partial charge in [-0.25, -0.2) is 0 Å². The largest absolute Gasteiger partial charge is 0.481 e. The minimum absolute atomic E-state index is 0.0677. The maximum atomic E-state index is 12.0. The summed E-state index contributed by atoms with van der Waals surface area (Å²) in [6.07, 6.45) is 1.32. The summed E-state index contributed by atoms with van der Waals surface area (Å²) >= 11 is 0. The lowest BCUT2D eigenvalue weighted by atomic mass is 9.72. The van der Waals surface area contributed by atoms with Crippen molar-refractivity contribution in [1.29, 1.82) is 5.26 Å². The van der Waals surface area contributed by atoms with Gasteiger partial charge in [-0.3, -0.25) is 0 Å². The summed E-state index contributed by atoms with van der Waals surface area (Å²) in [6.45, 7) is 0. The third-order valence-corrected chi connectivity index (χ3v) is 6.29. The Balaban J connectivity index is 1.74. The predicted octanol–water partition coefficient (Wildman–Crippen LogP) is 4.01. The van der Waals surface area contributed by atoms with Gasteiger partial charge in [0.25, 0.3) is 0 Å². The van der Waals surface area contributed by atoms with Gasteiger partial charge in [0.15, 0.2) is 5.60 Å². The molecule has 3 atom stereocenters. The summed E-state index contributed by atoms with van der Waals surface area (Å²) < 4.78 is 11.8. The average molecular weight is 384 g/mol. The molecule has 2 aliphatic rings. The van der Waals surface area contributed by atoms with Gasteiger partial charge in [-0.15, -0.1) is 0 Å². The number of ether oxygens (including phenoxy) is 2. The Kier molecular flexibility index (Phi) is 3.87. The molecule has 0 amide bonds. The lowest BCUT2D eigenvalue weighted by Crippen LogP contribution is -2.48. The van der Waals surface area contributed by atoms with E-state index in [0.29, 0.717) is 29.3 Å². The van der Waals surface area contributed by atoms with Crippen molar-refractivity contribution in [2.75, 3.05) is 7.11 Å². The number of methoxy groups -OCH3 is 1. The fraction of sp³-hybridized carbons (Fsp3) is 0.250. The van der Waals surface area contributed by atoms with Crippen molar-refractivity contribution in [3.8, 4) is 17.8 Å². The third kappa shape index (κ3) is 2.33. The fourth-order valence-corrected chi connectivity index (χ4v) is 4.98. The zero-order valence-corrected chi connectivity index (χ0v) is 16.0. The van der Waals surface area contributed by atoms with Crippen molar-refractivity contribution in [2.45, 2.75) is 30.0 Å². The molecule has 3 aromatic rings. The van der Waals surface area contributed by atoms with E-state index < -0.39 is 11.2 Å². The topological polar surface area (TPSA) is 75.4 Å². The highest BCUT2D eigenvalue weighted by atomic mass is 16.5. The molecule has 5 rings (SSSR count). The van der Waals surface area contributed by atoms with Gasteiger partial charge < -0.3 is 14.6 Å². The summed E-state index contributed by atoms with van der Waals surface area (Å²) in [5.41, 5.74) is 0.939. The molecule has 1 saturated carbocycles. The molecule has 0 saturated heterocycles. The molecule has 1 aromatic heterocycles. The van der Waals surface area contributed by atoms with E-state index in [2.05, 4.69) is 23.2 Å². The van der Waals surface area contributed by atoms with Crippen molar-refractivity contribution >= 4 is 0 Å². The third-order valence-electron chi connectivity index (χ3n) is 6.29. The van der Waals surface area contributed by atoms with Crippen LogP contribution in [-0.4, -0.2) is 17.2 Å². The van der Waals surface area contributed by atoms with Crippen molar-refractivity contribution in [3.05, 3.63) is 89.0 Å². The first kappa shape index (κ1) is 17.7. The van der Waals surface area contributed by atoms with Gasteiger partial charge in [0.2, 0.25) is 11.8 Å². The predicted molar refractivity (Wildman–Crippen MR) is 107 cm³/mol. The minimum atomic E-state index is -1.23. The standard InChI is InChI=1S/C24H20N2O3/c1-28-21-12-11-20-22(26-21)29-24(18-9-7-16(15-25)8-10-18)19(13-14-23(20,24)27)17-5-3-2-4-6-17/h2-12,19,27H,13-14H2,1H3/t19-,23?,24?/m0/s1. The SMILES string of the molecule is COc1ccc2c(n1)OC1(c3ccc(C#N)cc3)[C@H](c3ccccc3)CCC21O. The van der Waals surface area contributed by atoms with E-state index in [4.69, 9.17) is 9.47 Å². The van der Waals surface area contributed by atoms with Gasteiger partial charge in [-0.05, 0) is 42.2 Å². The molecule has 0 radical (unpaired) electrons. The smallest absolute Gasteiger partial charge is 0.224 e. The fourth-order valence-electron chi connectivity index (χ4n) is 4.98. The molecule has 2 aromatic carbocycles. The van der Waals surface area contributed by atoms with Gasteiger partial charge in [0.1, 0.15) is 5.60 Å². The number of pyridine rings is 1. The number of nitrogens with zero attached hydrogens (tertiary/aromatic N) is 2. The van der Waals surface area contributed by atoms with Crippen molar-refractivity contribution < 1.29 is 14.6 Å². The van der Waals surface area contributed by atoms with Gasteiger partial charge in [0, 0.05) is 12.0 Å². The molecule has 0 spiro atoms.